The largest absolute Gasteiger partial charge is 0.497 e. The smallest absolute Gasteiger partial charge is 0.251 e. The standard InChI is InChI=1S/C19H24N4O2.HI/c1-20-18(24)16-8-4-14(5-9-16)12-22-19(21-2)23-13-15-6-10-17(25-3)11-7-15;/h4-11H,12-13H2,1-3H3,(H,20,24)(H2,21,22,23);1H. The molecule has 0 aromatic heterocycles. The summed E-state index contributed by atoms with van der Waals surface area (Å²) in [7, 11) is 5.01. The van der Waals surface area contributed by atoms with E-state index in [9.17, 15) is 4.79 Å². The van der Waals surface area contributed by atoms with Crippen LogP contribution in [0, 0.1) is 0 Å². The van der Waals surface area contributed by atoms with E-state index in [1.54, 1.807) is 21.2 Å². The van der Waals surface area contributed by atoms with Crippen LogP contribution in [0.2, 0.25) is 0 Å². The minimum atomic E-state index is -0.0866. The molecule has 0 heterocycles. The summed E-state index contributed by atoms with van der Waals surface area (Å²) in [5.74, 6) is 1.47. The Morgan fingerprint density at radius 1 is 0.962 bits per heavy atom. The molecule has 0 atom stereocenters. The number of methoxy groups -OCH3 is 1. The highest BCUT2D eigenvalue weighted by Gasteiger charge is 2.03. The fourth-order valence-electron chi connectivity index (χ4n) is 2.25. The minimum Gasteiger partial charge on any atom is -0.497 e. The van der Waals surface area contributed by atoms with Crippen LogP contribution in [0.3, 0.4) is 0 Å². The molecule has 0 saturated carbocycles. The second-order valence-corrected chi connectivity index (χ2v) is 5.40. The number of hydrogen-bond donors (Lipinski definition) is 3. The Labute approximate surface area is 171 Å². The molecule has 0 saturated heterocycles. The first-order valence-corrected chi connectivity index (χ1v) is 8.04. The Bertz CT molecular complexity index is 715. The van der Waals surface area contributed by atoms with Gasteiger partial charge in [-0.3, -0.25) is 9.79 Å². The monoisotopic (exact) mass is 468 g/mol. The molecule has 0 spiro atoms. The third kappa shape index (κ3) is 6.55. The fraction of sp³-hybridized carbons (Fsp3) is 0.263. The lowest BCUT2D eigenvalue weighted by molar-refractivity contribution is 0.0963. The molecule has 0 aliphatic carbocycles. The maximum Gasteiger partial charge on any atom is 0.251 e. The average molecular weight is 468 g/mol. The van der Waals surface area contributed by atoms with Gasteiger partial charge in [0.25, 0.3) is 5.91 Å². The zero-order chi connectivity index (χ0) is 18.1. The molecule has 2 rings (SSSR count). The van der Waals surface area contributed by atoms with Crippen molar-refractivity contribution in [1.82, 2.24) is 16.0 Å². The van der Waals surface area contributed by atoms with E-state index in [4.69, 9.17) is 4.74 Å². The highest BCUT2D eigenvalue weighted by Crippen LogP contribution is 2.11. The van der Waals surface area contributed by atoms with Crippen LogP contribution in [0.5, 0.6) is 5.75 Å². The van der Waals surface area contributed by atoms with E-state index in [-0.39, 0.29) is 29.9 Å². The molecule has 0 aliphatic heterocycles. The average Bonchev–Trinajstić information content (AvgIpc) is 2.68. The number of nitrogens with zero attached hydrogens (tertiary/aromatic N) is 1. The van der Waals surface area contributed by atoms with E-state index in [1.807, 2.05) is 48.5 Å². The molecule has 0 bridgehead atoms. The Morgan fingerprint density at radius 3 is 1.88 bits per heavy atom. The lowest BCUT2D eigenvalue weighted by Gasteiger charge is -2.12. The van der Waals surface area contributed by atoms with Gasteiger partial charge in [0.1, 0.15) is 5.75 Å². The topological polar surface area (TPSA) is 74.8 Å². The zero-order valence-corrected chi connectivity index (χ0v) is 17.5. The first-order valence-electron chi connectivity index (χ1n) is 8.04. The summed E-state index contributed by atoms with van der Waals surface area (Å²) in [5, 5.41) is 9.13. The van der Waals surface area contributed by atoms with Crippen molar-refractivity contribution in [1.29, 1.82) is 0 Å². The Balaban J connectivity index is 0.00000338. The van der Waals surface area contributed by atoms with Crippen molar-refractivity contribution in [3.63, 3.8) is 0 Å². The molecule has 0 radical (unpaired) electrons. The number of ether oxygens (including phenoxy) is 1. The SMILES string of the molecule is CN=C(NCc1ccc(OC)cc1)NCc1ccc(C(=O)NC)cc1.I. The van der Waals surface area contributed by atoms with Gasteiger partial charge in [-0.2, -0.15) is 0 Å². The van der Waals surface area contributed by atoms with Gasteiger partial charge in [-0.25, -0.2) is 0 Å². The van der Waals surface area contributed by atoms with E-state index >= 15 is 0 Å². The van der Waals surface area contributed by atoms with Gasteiger partial charge in [0.05, 0.1) is 7.11 Å². The molecule has 26 heavy (non-hydrogen) atoms. The van der Waals surface area contributed by atoms with Crippen LogP contribution in [0.15, 0.2) is 53.5 Å². The van der Waals surface area contributed by atoms with Crippen molar-refractivity contribution in [3.8, 4) is 5.75 Å². The fourth-order valence-corrected chi connectivity index (χ4v) is 2.25. The van der Waals surface area contributed by atoms with Crippen LogP contribution in [0.4, 0.5) is 0 Å². The highest BCUT2D eigenvalue weighted by atomic mass is 127. The van der Waals surface area contributed by atoms with Crippen LogP contribution in [-0.4, -0.2) is 33.1 Å². The van der Waals surface area contributed by atoms with Crippen molar-refractivity contribution >= 4 is 35.8 Å². The van der Waals surface area contributed by atoms with Gasteiger partial charge in [0, 0.05) is 32.7 Å². The number of carbonyl (C=O) groups is 1. The highest BCUT2D eigenvalue weighted by molar-refractivity contribution is 14.0. The maximum atomic E-state index is 11.5. The first kappa shape index (κ1) is 21.8. The van der Waals surface area contributed by atoms with Crippen LogP contribution >= 0.6 is 24.0 Å². The number of nitrogens with one attached hydrogen (secondary N) is 3. The van der Waals surface area contributed by atoms with Crippen molar-refractivity contribution in [2.24, 2.45) is 4.99 Å². The van der Waals surface area contributed by atoms with Gasteiger partial charge < -0.3 is 20.7 Å². The lowest BCUT2D eigenvalue weighted by Crippen LogP contribution is -2.36. The normalized spacial score (nSPS) is 10.5. The van der Waals surface area contributed by atoms with Crippen LogP contribution in [0.1, 0.15) is 21.5 Å². The van der Waals surface area contributed by atoms with Gasteiger partial charge in [-0.05, 0) is 35.4 Å². The summed E-state index contributed by atoms with van der Waals surface area (Å²) < 4.78 is 5.15. The number of amides is 1. The quantitative estimate of drug-likeness (QED) is 0.346. The summed E-state index contributed by atoms with van der Waals surface area (Å²) >= 11 is 0. The van der Waals surface area contributed by atoms with Crippen molar-refractivity contribution < 1.29 is 9.53 Å². The summed E-state index contributed by atoms with van der Waals surface area (Å²) in [6.07, 6.45) is 0. The van der Waals surface area contributed by atoms with Gasteiger partial charge in [0.2, 0.25) is 0 Å². The molecular weight excluding hydrogens is 443 g/mol. The van der Waals surface area contributed by atoms with Crippen LogP contribution in [-0.2, 0) is 13.1 Å². The van der Waals surface area contributed by atoms with Crippen LogP contribution in [0.25, 0.3) is 0 Å². The Morgan fingerprint density at radius 2 is 1.46 bits per heavy atom. The van der Waals surface area contributed by atoms with Crippen molar-refractivity contribution in [2.75, 3.05) is 21.2 Å². The van der Waals surface area contributed by atoms with E-state index in [2.05, 4.69) is 20.9 Å². The number of carbonyl (C=O) groups excluding carboxylic acids is 1. The summed E-state index contributed by atoms with van der Waals surface area (Å²) in [4.78, 5) is 15.8. The molecule has 0 unspecified atom stereocenters. The third-order valence-corrected chi connectivity index (χ3v) is 3.75. The van der Waals surface area contributed by atoms with Crippen LogP contribution < -0.4 is 20.7 Å². The predicted octanol–water partition coefficient (Wildman–Crippen LogP) is 2.54. The third-order valence-electron chi connectivity index (χ3n) is 3.75. The molecular formula is C19H25IN4O2. The summed E-state index contributed by atoms with van der Waals surface area (Å²) in [6, 6.07) is 15.4. The Kier molecular flexibility index (Phi) is 9.50. The number of benzene rings is 2. The van der Waals surface area contributed by atoms with Gasteiger partial charge in [-0.1, -0.05) is 24.3 Å². The molecule has 1 amide bonds. The van der Waals surface area contributed by atoms with Gasteiger partial charge in [-0.15, -0.1) is 24.0 Å². The summed E-state index contributed by atoms with van der Waals surface area (Å²) in [5.41, 5.74) is 2.85. The Hall–Kier alpha value is -2.29. The van der Waals surface area contributed by atoms with E-state index < -0.39 is 0 Å². The molecule has 2 aromatic carbocycles. The second-order valence-electron chi connectivity index (χ2n) is 5.40. The number of aliphatic imine (C=N–C) groups is 1. The first-order chi connectivity index (χ1) is 12.2. The number of rotatable bonds is 6. The molecule has 6 nitrogen and oxygen atoms in total. The lowest BCUT2D eigenvalue weighted by atomic mass is 10.1. The molecule has 2 aromatic rings. The number of guanidine groups is 1. The predicted molar refractivity (Wildman–Crippen MR) is 115 cm³/mol. The van der Waals surface area contributed by atoms with E-state index in [0.29, 0.717) is 24.6 Å². The molecule has 3 N–H and O–H groups in total. The molecule has 140 valence electrons. The van der Waals surface area contributed by atoms with Gasteiger partial charge in [0.15, 0.2) is 5.96 Å². The van der Waals surface area contributed by atoms with Crippen molar-refractivity contribution in [2.45, 2.75) is 13.1 Å². The minimum absolute atomic E-state index is 0. The van der Waals surface area contributed by atoms with E-state index in [1.165, 1.54) is 0 Å². The van der Waals surface area contributed by atoms with E-state index in [0.717, 1.165) is 16.9 Å². The van der Waals surface area contributed by atoms with Crippen molar-refractivity contribution in [3.05, 3.63) is 65.2 Å². The molecule has 7 heteroatoms. The molecule has 0 aliphatic rings. The number of halogens is 1. The second kappa shape index (κ2) is 11.3. The zero-order valence-electron chi connectivity index (χ0n) is 15.2. The maximum absolute atomic E-state index is 11.5. The number of hydrogen-bond acceptors (Lipinski definition) is 3. The van der Waals surface area contributed by atoms with Gasteiger partial charge >= 0.3 is 0 Å². The molecule has 0 fully saturated rings. The summed E-state index contributed by atoms with van der Waals surface area (Å²) in [6.45, 7) is 1.29.